The van der Waals surface area contributed by atoms with E-state index in [-0.39, 0.29) is 4.83 Å². The number of thiophene rings is 1. The molecule has 1 atom stereocenters. The zero-order chi connectivity index (χ0) is 14.1. The summed E-state index contributed by atoms with van der Waals surface area (Å²) in [7, 11) is 1.70. The summed E-state index contributed by atoms with van der Waals surface area (Å²) in [4.78, 5) is 1.33. The van der Waals surface area contributed by atoms with Crippen molar-refractivity contribution in [1.29, 1.82) is 0 Å². The van der Waals surface area contributed by atoms with Crippen LogP contribution in [0.25, 0.3) is 10.8 Å². The van der Waals surface area contributed by atoms with Crippen molar-refractivity contribution in [2.75, 3.05) is 7.11 Å². The van der Waals surface area contributed by atoms with E-state index in [9.17, 15) is 0 Å². The van der Waals surface area contributed by atoms with Gasteiger partial charge in [-0.1, -0.05) is 57.9 Å². The van der Waals surface area contributed by atoms with Crippen molar-refractivity contribution in [1.82, 2.24) is 0 Å². The van der Waals surface area contributed by atoms with Crippen LogP contribution in [-0.2, 0) is 0 Å². The molecule has 0 aliphatic heterocycles. The molecule has 3 aromatic rings. The highest BCUT2D eigenvalue weighted by molar-refractivity contribution is 9.09. The van der Waals surface area contributed by atoms with E-state index in [2.05, 4.69) is 40.2 Å². The standard InChI is InChI=1S/C16H12BrClOS/c1-19-13-7-6-12(10-4-2-3-5-11(10)13)16(17)14-8-9-15(18)20-14/h2-9,16H,1H3. The van der Waals surface area contributed by atoms with Gasteiger partial charge in [0.05, 0.1) is 16.3 Å². The number of benzene rings is 2. The van der Waals surface area contributed by atoms with Crippen molar-refractivity contribution < 1.29 is 4.74 Å². The minimum absolute atomic E-state index is 0.135. The van der Waals surface area contributed by atoms with E-state index in [0.29, 0.717) is 0 Å². The molecule has 0 bridgehead atoms. The predicted molar refractivity (Wildman–Crippen MR) is 90.6 cm³/mol. The summed E-state index contributed by atoms with van der Waals surface area (Å²) < 4.78 is 6.25. The Morgan fingerprint density at radius 2 is 1.80 bits per heavy atom. The summed E-state index contributed by atoms with van der Waals surface area (Å²) >= 11 is 11.4. The van der Waals surface area contributed by atoms with Crippen LogP contribution in [0.2, 0.25) is 4.34 Å². The first-order chi connectivity index (χ1) is 9.70. The molecule has 0 saturated heterocycles. The fourth-order valence-electron chi connectivity index (χ4n) is 2.31. The van der Waals surface area contributed by atoms with E-state index in [1.165, 1.54) is 15.8 Å². The molecular weight excluding hydrogens is 356 g/mol. The van der Waals surface area contributed by atoms with Gasteiger partial charge < -0.3 is 4.74 Å². The number of hydrogen-bond donors (Lipinski definition) is 0. The summed E-state index contributed by atoms with van der Waals surface area (Å²) in [5, 5.41) is 2.32. The Labute approximate surface area is 135 Å². The Morgan fingerprint density at radius 3 is 2.45 bits per heavy atom. The van der Waals surface area contributed by atoms with Crippen molar-refractivity contribution in [3.8, 4) is 5.75 Å². The number of fused-ring (bicyclic) bond motifs is 1. The van der Waals surface area contributed by atoms with Crippen LogP contribution in [0.3, 0.4) is 0 Å². The lowest BCUT2D eigenvalue weighted by molar-refractivity contribution is 0.419. The molecule has 0 fully saturated rings. The molecule has 0 aliphatic carbocycles. The average molecular weight is 368 g/mol. The number of methoxy groups -OCH3 is 1. The second kappa shape index (κ2) is 5.76. The van der Waals surface area contributed by atoms with E-state index in [1.807, 2.05) is 24.3 Å². The topological polar surface area (TPSA) is 9.23 Å². The van der Waals surface area contributed by atoms with Gasteiger partial charge in [0.2, 0.25) is 0 Å². The molecule has 3 rings (SSSR count). The second-order valence-corrected chi connectivity index (χ2v) is 7.07. The Balaban J connectivity index is 2.17. The summed E-state index contributed by atoms with van der Waals surface area (Å²) in [6.45, 7) is 0. The van der Waals surface area contributed by atoms with Crippen LogP contribution in [0.1, 0.15) is 15.3 Å². The summed E-state index contributed by atoms with van der Waals surface area (Å²) in [6.07, 6.45) is 0. The maximum atomic E-state index is 6.04. The lowest BCUT2D eigenvalue weighted by Crippen LogP contribution is -1.93. The maximum Gasteiger partial charge on any atom is 0.126 e. The van der Waals surface area contributed by atoms with Crippen LogP contribution in [-0.4, -0.2) is 7.11 Å². The van der Waals surface area contributed by atoms with Gasteiger partial charge in [0.25, 0.3) is 0 Å². The van der Waals surface area contributed by atoms with Crippen molar-refractivity contribution >= 4 is 49.6 Å². The zero-order valence-corrected chi connectivity index (χ0v) is 13.9. The fourth-order valence-corrected chi connectivity index (χ4v) is 4.20. The summed E-state index contributed by atoms with van der Waals surface area (Å²) in [6, 6.07) is 16.4. The van der Waals surface area contributed by atoms with Crippen molar-refractivity contribution in [2.24, 2.45) is 0 Å². The fraction of sp³-hybridized carbons (Fsp3) is 0.125. The monoisotopic (exact) mass is 366 g/mol. The first kappa shape index (κ1) is 13.9. The Bertz CT molecular complexity index is 753. The smallest absolute Gasteiger partial charge is 0.126 e. The molecule has 1 unspecified atom stereocenters. The van der Waals surface area contributed by atoms with Crippen LogP contribution in [0.4, 0.5) is 0 Å². The first-order valence-corrected chi connectivity index (χ1v) is 8.26. The third-order valence-electron chi connectivity index (χ3n) is 3.25. The first-order valence-electron chi connectivity index (χ1n) is 6.15. The molecular formula is C16H12BrClOS. The van der Waals surface area contributed by atoms with E-state index in [4.69, 9.17) is 16.3 Å². The number of halogens is 2. The largest absolute Gasteiger partial charge is 0.496 e. The minimum Gasteiger partial charge on any atom is -0.496 e. The Hall–Kier alpha value is -1.03. The quantitative estimate of drug-likeness (QED) is 0.512. The van der Waals surface area contributed by atoms with Gasteiger partial charge in [0, 0.05) is 10.3 Å². The normalized spacial score (nSPS) is 12.6. The molecule has 102 valence electrons. The van der Waals surface area contributed by atoms with Crippen molar-refractivity contribution in [2.45, 2.75) is 4.83 Å². The third kappa shape index (κ3) is 2.46. The molecule has 1 aromatic heterocycles. The molecule has 4 heteroatoms. The molecule has 0 saturated carbocycles. The van der Waals surface area contributed by atoms with Crippen LogP contribution in [0, 0.1) is 0 Å². The second-order valence-electron chi connectivity index (χ2n) is 4.41. The molecule has 0 spiro atoms. The minimum atomic E-state index is 0.135. The van der Waals surface area contributed by atoms with Crippen LogP contribution >= 0.6 is 38.9 Å². The highest BCUT2D eigenvalue weighted by Gasteiger charge is 2.16. The van der Waals surface area contributed by atoms with Gasteiger partial charge in [-0.2, -0.15) is 0 Å². The van der Waals surface area contributed by atoms with E-state index >= 15 is 0 Å². The highest BCUT2D eigenvalue weighted by Crippen LogP contribution is 2.41. The van der Waals surface area contributed by atoms with Gasteiger partial charge in [0.15, 0.2) is 0 Å². The van der Waals surface area contributed by atoms with E-state index < -0.39 is 0 Å². The maximum absolute atomic E-state index is 6.04. The average Bonchev–Trinajstić information content (AvgIpc) is 2.92. The SMILES string of the molecule is COc1ccc(C(Br)c2ccc(Cl)s2)c2ccccc12. The lowest BCUT2D eigenvalue weighted by Gasteiger charge is -2.14. The predicted octanol–water partition coefficient (Wildman–Crippen LogP) is 6.05. The highest BCUT2D eigenvalue weighted by atomic mass is 79.9. The molecule has 0 radical (unpaired) electrons. The third-order valence-corrected chi connectivity index (χ3v) is 5.84. The number of rotatable bonds is 3. The van der Waals surface area contributed by atoms with E-state index in [0.717, 1.165) is 15.5 Å². The van der Waals surface area contributed by atoms with Crippen molar-refractivity contribution in [3.63, 3.8) is 0 Å². The molecule has 1 nitrogen and oxygen atoms in total. The van der Waals surface area contributed by atoms with Crippen LogP contribution < -0.4 is 4.74 Å². The Morgan fingerprint density at radius 1 is 1.05 bits per heavy atom. The zero-order valence-electron chi connectivity index (χ0n) is 10.8. The van der Waals surface area contributed by atoms with Gasteiger partial charge in [0.1, 0.15) is 5.75 Å². The molecule has 0 amide bonds. The molecule has 1 heterocycles. The van der Waals surface area contributed by atoms with E-state index in [1.54, 1.807) is 18.4 Å². The van der Waals surface area contributed by atoms with Crippen LogP contribution in [0.5, 0.6) is 5.75 Å². The Kier molecular flexibility index (Phi) is 4.01. The number of ether oxygens (including phenoxy) is 1. The van der Waals surface area contributed by atoms with Crippen molar-refractivity contribution in [3.05, 3.63) is 63.3 Å². The lowest BCUT2D eigenvalue weighted by atomic mass is 10.0. The molecule has 2 aromatic carbocycles. The van der Waals surface area contributed by atoms with Crippen LogP contribution in [0.15, 0.2) is 48.5 Å². The number of hydrogen-bond acceptors (Lipinski definition) is 2. The van der Waals surface area contributed by atoms with Gasteiger partial charge in [-0.3, -0.25) is 0 Å². The van der Waals surface area contributed by atoms with Gasteiger partial charge in [-0.05, 0) is 29.1 Å². The summed E-state index contributed by atoms with van der Waals surface area (Å²) in [5.74, 6) is 0.897. The molecule has 20 heavy (non-hydrogen) atoms. The molecule has 0 N–H and O–H groups in total. The molecule has 0 aliphatic rings. The number of alkyl halides is 1. The van der Waals surface area contributed by atoms with Gasteiger partial charge in [-0.15, -0.1) is 11.3 Å². The summed E-state index contributed by atoms with van der Waals surface area (Å²) in [5.41, 5.74) is 1.22. The van der Waals surface area contributed by atoms with Gasteiger partial charge >= 0.3 is 0 Å². The van der Waals surface area contributed by atoms with Gasteiger partial charge in [-0.25, -0.2) is 0 Å².